The molecule has 2 heterocycles. The Hall–Kier alpha value is -2.33. The van der Waals surface area contributed by atoms with Crippen molar-refractivity contribution in [1.82, 2.24) is 14.8 Å². The van der Waals surface area contributed by atoms with E-state index in [9.17, 15) is 4.79 Å². The summed E-state index contributed by atoms with van der Waals surface area (Å²) in [5.74, 6) is 0.210. The summed E-state index contributed by atoms with van der Waals surface area (Å²) in [7, 11) is 2.15. The molecule has 0 bridgehead atoms. The normalized spacial score (nSPS) is 21.1. The topological polar surface area (TPSA) is 39.3 Å². The van der Waals surface area contributed by atoms with Crippen molar-refractivity contribution in [3.8, 4) is 0 Å². The number of fused-ring (bicyclic) bond motifs is 2. The van der Waals surface area contributed by atoms with E-state index in [1.807, 2.05) is 30.9 Å². The number of aromatic nitrogens is 1. The van der Waals surface area contributed by atoms with Crippen LogP contribution in [0.3, 0.4) is 0 Å². The molecule has 0 radical (unpaired) electrons. The Morgan fingerprint density at radius 2 is 1.96 bits per heavy atom. The van der Waals surface area contributed by atoms with Gasteiger partial charge in [-0.05, 0) is 63.9 Å². The van der Waals surface area contributed by atoms with Crippen LogP contribution in [0.25, 0.3) is 16.5 Å². The Labute approximate surface area is 168 Å². The molecule has 4 nitrogen and oxygen atoms in total. The molecule has 2 atom stereocenters. The molecule has 1 N–H and O–H groups in total. The first-order chi connectivity index (χ1) is 13.5. The molecule has 2 aliphatic rings. The number of amides is 1. The second kappa shape index (κ2) is 8.78. The summed E-state index contributed by atoms with van der Waals surface area (Å²) in [6.45, 7) is 10.5. The fraction of sp³-hybridized carbons (Fsp3) is 0.458. The van der Waals surface area contributed by atoms with E-state index in [1.54, 1.807) is 0 Å². The Morgan fingerprint density at radius 3 is 2.61 bits per heavy atom. The molecule has 1 aromatic heterocycles. The van der Waals surface area contributed by atoms with Gasteiger partial charge in [0.25, 0.3) is 0 Å². The maximum atomic E-state index is 12.9. The first-order valence-corrected chi connectivity index (χ1v) is 10.4. The molecular weight excluding hydrogens is 346 g/mol. The molecule has 4 rings (SSSR count). The second-order valence-corrected chi connectivity index (χ2v) is 7.61. The van der Waals surface area contributed by atoms with Crippen molar-refractivity contribution in [3.05, 3.63) is 53.8 Å². The molecular formula is C24H33N3O. The summed E-state index contributed by atoms with van der Waals surface area (Å²) < 4.78 is 0. The van der Waals surface area contributed by atoms with Crippen molar-refractivity contribution >= 4 is 22.4 Å². The van der Waals surface area contributed by atoms with Crippen molar-refractivity contribution in [2.75, 3.05) is 26.7 Å². The third-order valence-electron chi connectivity index (χ3n) is 5.99. The summed E-state index contributed by atoms with van der Waals surface area (Å²) in [4.78, 5) is 20.6. The molecule has 1 amide bonds. The van der Waals surface area contributed by atoms with Gasteiger partial charge in [0.2, 0.25) is 5.91 Å². The van der Waals surface area contributed by atoms with Gasteiger partial charge in [-0.15, -0.1) is 0 Å². The lowest BCUT2D eigenvalue weighted by Crippen LogP contribution is -2.47. The molecule has 4 heteroatoms. The lowest BCUT2D eigenvalue weighted by atomic mass is 9.79. The third kappa shape index (κ3) is 3.66. The van der Waals surface area contributed by atoms with Crippen LogP contribution in [-0.2, 0) is 11.2 Å². The van der Waals surface area contributed by atoms with Crippen molar-refractivity contribution < 1.29 is 4.79 Å². The summed E-state index contributed by atoms with van der Waals surface area (Å²) >= 11 is 0. The SMILES string of the molecule is CC=CC.CCN(CC)C(=O)[C@@H]1C=C2c3cccc4[nH]cc(c34)C[C@H]2N(C)C1. The number of likely N-dealkylation sites (N-methyl/N-ethyl adjacent to an activating group) is 1. The number of H-pyrrole nitrogens is 1. The van der Waals surface area contributed by atoms with Gasteiger partial charge < -0.3 is 9.88 Å². The minimum atomic E-state index is -0.0445. The lowest BCUT2D eigenvalue weighted by Gasteiger charge is -2.40. The Balaban J connectivity index is 0.000000516. The molecule has 1 aliphatic heterocycles. The van der Waals surface area contributed by atoms with Gasteiger partial charge >= 0.3 is 0 Å². The molecule has 2 aromatic rings. The number of hydrogen-bond acceptors (Lipinski definition) is 2. The van der Waals surface area contributed by atoms with Crippen LogP contribution in [-0.4, -0.2) is 53.4 Å². The zero-order valence-electron chi connectivity index (χ0n) is 17.8. The standard InChI is InChI=1S/C20H25N3O.C4H8/c1-4-23(5-2)20(24)14-9-16-15-7-6-8-17-19(15)13(11-21-17)10-18(16)22(3)12-14;1-3-4-2/h6-9,11,14,18,21H,4-5,10,12H2,1-3H3;3-4H,1-2H3/t14-,18-;/m1./s1. The number of benzene rings is 1. The van der Waals surface area contributed by atoms with E-state index < -0.39 is 0 Å². The third-order valence-corrected chi connectivity index (χ3v) is 5.99. The second-order valence-electron chi connectivity index (χ2n) is 7.61. The van der Waals surface area contributed by atoms with Gasteiger partial charge in [0.15, 0.2) is 0 Å². The monoisotopic (exact) mass is 379 g/mol. The number of nitrogens with one attached hydrogen (secondary N) is 1. The van der Waals surface area contributed by atoms with Crippen LogP contribution in [0.1, 0.15) is 38.8 Å². The molecule has 0 unspecified atom stereocenters. The van der Waals surface area contributed by atoms with Crippen LogP contribution < -0.4 is 0 Å². The predicted octanol–water partition coefficient (Wildman–Crippen LogP) is 4.49. The van der Waals surface area contributed by atoms with Crippen molar-refractivity contribution in [2.24, 2.45) is 5.92 Å². The fourth-order valence-electron chi connectivity index (χ4n) is 4.38. The van der Waals surface area contributed by atoms with E-state index in [2.05, 4.69) is 61.3 Å². The maximum Gasteiger partial charge on any atom is 0.230 e. The quantitative estimate of drug-likeness (QED) is 0.798. The summed E-state index contributed by atoms with van der Waals surface area (Å²) in [6.07, 6.45) is 9.41. The number of rotatable bonds is 3. The number of nitrogens with zero attached hydrogens (tertiary/aromatic N) is 2. The molecule has 28 heavy (non-hydrogen) atoms. The van der Waals surface area contributed by atoms with E-state index in [-0.39, 0.29) is 11.8 Å². The van der Waals surface area contributed by atoms with Crippen LogP contribution in [0, 0.1) is 5.92 Å². The van der Waals surface area contributed by atoms with Gasteiger partial charge in [0.05, 0.1) is 5.92 Å². The van der Waals surface area contributed by atoms with Crippen LogP contribution in [0.4, 0.5) is 0 Å². The molecule has 150 valence electrons. The highest BCUT2D eigenvalue weighted by atomic mass is 16.2. The Morgan fingerprint density at radius 1 is 1.25 bits per heavy atom. The summed E-state index contributed by atoms with van der Waals surface area (Å²) in [5, 5.41) is 1.34. The lowest BCUT2D eigenvalue weighted by molar-refractivity contribution is -0.134. The van der Waals surface area contributed by atoms with E-state index in [1.165, 1.54) is 27.6 Å². The minimum Gasteiger partial charge on any atom is -0.361 e. The van der Waals surface area contributed by atoms with Crippen LogP contribution in [0.5, 0.6) is 0 Å². The minimum absolute atomic E-state index is 0.0445. The summed E-state index contributed by atoms with van der Waals surface area (Å²) in [6, 6.07) is 6.82. The van der Waals surface area contributed by atoms with E-state index >= 15 is 0 Å². The fourth-order valence-corrected chi connectivity index (χ4v) is 4.38. The molecule has 1 aromatic carbocycles. The molecule has 0 spiro atoms. The van der Waals surface area contributed by atoms with Gasteiger partial charge in [-0.2, -0.15) is 0 Å². The highest BCUT2D eigenvalue weighted by Crippen LogP contribution is 2.40. The number of aromatic amines is 1. The predicted molar refractivity (Wildman–Crippen MR) is 118 cm³/mol. The van der Waals surface area contributed by atoms with E-state index in [0.29, 0.717) is 6.04 Å². The average molecular weight is 380 g/mol. The summed E-state index contributed by atoms with van der Waals surface area (Å²) in [5.41, 5.74) is 5.21. The first kappa shape index (κ1) is 20.4. The Bertz CT molecular complexity index is 884. The van der Waals surface area contributed by atoms with E-state index in [4.69, 9.17) is 0 Å². The zero-order chi connectivity index (χ0) is 20.3. The molecule has 0 saturated carbocycles. The first-order valence-electron chi connectivity index (χ1n) is 10.4. The van der Waals surface area contributed by atoms with Gasteiger partial charge in [0.1, 0.15) is 0 Å². The molecule has 1 aliphatic carbocycles. The average Bonchev–Trinajstić information content (AvgIpc) is 3.14. The van der Waals surface area contributed by atoms with Crippen LogP contribution >= 0.6 is 0 Å². The van der Waals surface area contributed by atoms with Gasteiger partial charge in [-0.25, -0.2) is 0 Å². The number of allylic oxidation sites excluding steroid dienone is 2. The largest absolute Gasteiger partial charge is 0.361 e. The number of carbonyl (C=O) groups excluding carboxylic acids is 1. The van der Waals surface area contributed by atoms with Crippen molar-refractivity contribution in [2.45, 2.75) is 40.2 Å². The maximum absolute atomic E-state index is 12.9. The van der Waals surface area contributed by atoms with Crippen molar-refractivity contribution in [3.63, 3.8) is 0 Å². The Kier molecular flexibility index (Phi) is 6.40. The smallest absolute Gasteiger partial charge is 0.230 e. The number of hydrogen-bond donors (Lipinski definition) is 1. The molecule has 0 saturated heterocycles. The zero-order valence-corrected chi connectivity index (χ0v) is 17.8. The van der Waals surface area contributed by atoms with Crippen LogP contribution in [0.2, 0.25) is 0 Å². The van der Waals surface area contributed by atoms with Gasteiger partial charge in [0, 0.05) is 42.8 Å². The highest BCUT2D eigenvalue weighted by Gasteiger charge is 2.36. The molecule has 0 fully saturated rings. The van der Waals surface area contributed by atoms with Crippen molar-refractivity contribution in [1.29, 1.82) is 0 Å². The highest BCUT2D eigenvalue weighted by molar-refractivity contribution is 5.99. The van der Waals surface area contributed by atoms with Crippen LogP contribution in [0.15, 0.2) is 42.6 Å². The van der Waals surface area contributed by atoms with E-state index in [0.717, 1.165) is 26.1 Å². The van der Waals surface area contributed by atoms with Gasteiger partial charge in [-0.3, -0.25) is 9.69 Å². The number of carbonyl (C=O) groups is 1. The van der Waals surface area contributed by atoms with Gasteiger partial charge in [-0.1, -0.05) is 30.4 Å².